The van der Waals surface area contributed by atoms with Crippen molar-refractivity contribution in [3.63, 3.8) is 0 Å². The van der Waals surface area contributed by atoms with Crippen LogP contribution in [0.5, 0.6) is 0 Å². The molecule has 0 radical (unpaired) electrons. The van der Waals surface area contributed by atoms with Crippen LogP contribution in [0.1, 0.15) is 37.3 Å². The number of hydrogen-bond donors (Lipinski definition) is 2. The number of furan rings is 1. The molecule has 0 bridgehead atoms. The van der Waals surface area contributed by atoms with Crippen molar-refractivity contribution in [3.05, 3.63) is 54.3 Å². The average Bonchev–Trinajstić information content (AvgIpc) is 3.55. The molecule has 5 rings (SSSR count). The van der Waals surface area contributed by atoms with Gasteiger partial charge in [0, 0.05) is 37.2 Å². The van der Waals surface area contributed by atoms with Crippen LogP contribution in [-0.4, -0.2) is 43.5 Å². The number of amides is 1. The van der Waals surface area contributed by atoms with Gasteiger partial charge in [0.05, 0.1) is 12.0 Å². The van der Waals surface area contributed by atoms with Gasteiger partial charge in [0.15, 0.2) is 11.4 Å². The summed E-state index contributed by atoms with van der Waals surface area (Å²) in [6.45, 7) is 1.60. The Hall–Kier alpha value is -3.43. The molecule has 1 fully saturated rings. The summed E-state index contributed by atoms with van der Waals surface area (Å²) in [4.78, 5) is 22.9. The quantitative estimate of drug-likeness (QED) is 0.425. The van der Waals surface area contributed by atoms with E-state index in [9.17, 15) is 4.79 Å². The van der Waals surface area contributed by atoms with E-state index < -0.39 is 0 Å². The molecule has 4 aromatic rings. The van der Waals surface area contributed by atoms with Gasteiger partial charge in [-0.05, 0) is 37.0 Å². The Kier molecular flexibility index (Phi) is 6.62. The van der Waals surface area contributed by atoms with Crippen LogP contribution in [0, 0.1) is 0 Å². The lowest BCUT2D eigenvalue weighted by molar-refractivity contribution is -0.127. The zero-order valence-electron chi connectivity index (χ0n) is 18.1. The Balaban J connectivity index is 0.00000259. The third-order valence-corrected chi connectivity index (χ3v) is 5.84. The van der Waals surface area contributed by atoms with Crippen LogP contribution < -0.4 is 11.5 Å². The van der Waals surface area contributed by atoms with Gasteiger partial charge in [0.25, 0.3) is 0 Å². The van der Waals surface area contributed by atoms with Gasteiger partial charge in [0.2, 0.25) is 17.7 Å². The van der Waals surface area contributed by atoms with Crippen LogP contribution in [0.25, 0.3) is 28.5 Å². The molecule has 1 saturated heterocycles. The molecule has 0 aliphatic carbocycles. The standard InChI is InChI=1S/C23H25N7O2.ClH/c24-17(8-3-11-29-12-4-10-21(29)31)15-6-1-2-7-16(15)18-14-20-27-22(19-9-5-13-32-19)28-30(20)23(25)26-18;/h1-2,5-7,9,13-14,17H,3-4,8,10-12,24H2,(H2,25,26);1H. The molecule has 9 nitrogen and oxygen atoms in total. The molecule has 33 heavy (non-hydrogen) atoms. The highest BCUT2D eigenvalue weighted by Crippen LogP contribution is 2.30. The number of benzene rings is 1. The Bertz CT molecular complexity index is 1260. The number of likely N-dealkylation sites (tertiary alicyclic amines) is 1. The summed E-state index contributed by atoms with van der Waals surface area (Å²) in [5, 5.41) is 4.40. The number of fused-ring (bicyclic) bond motifs is 1. The molecule has 0 saturated carbocycles. The number of nitrogens with two attached hydrogens (primary N) is 2. The molecule has 4 heterocycles. The van der Waals surface area contributed by atoms with Crippen LogP contribution in [0.3, 0.4) is 0 Å². The molecule has 1 aliphatic heterocycles. The van der Waals surface area contributed by atoms with Crippen LogP contribution >= 0.6 is 12.4 Å². The largest absolute Gasteiger partial charge is 0.461 e. The van der Waals surface area contributed by atoms with Crippen molar-refractivity contribution < 1.29 is 9.21 Å². The van der Waals surface area contributed by atoms with E-state index in [-0.39, 0.29) is 30.3 Å². The first-order valence-corrected chi connectivity index (χ1v) is 10.8. The van der Waals surface area contributed by atoms with E-state index in [1.54, 1.807) is 18.4 Å². The summed E-state index contributed by atoms with van der Waals surface area (Å²) >= 11 is 0. The first kappa shape index (κ1) is 22.8. The second-order valence-corrected chi connectivity index (χ2v) is 8.00. The van der Waals surface area contributed by atoms with Crippen molar-refractivity contribution in [1.82, 2.24) is 24.5 Å². The van der Waals surface area contributed by atoms with Gasteiger partial charge >= 0.3 is 0 Å². The van der Waals surface area contributed by atoms with Crippen molar-refractivity contribution in [2.45, 2.75) is 31.7 Å². The number of halogens is 1. The number of carbonyl (C=O) groups excluding carboxylic acids is 1. The van der Waals surface area contributed by atoms with Gasteiger partial charge in [-0.15, -0.1) is 17.5 Å². The summed E-state index contributed by atoms with van der Waals surface area (Å²) in [5.74, 6) is 1.49. The topological polar surface area (TPSA) is 129 Å². The fourth-order valence-electron chi connectivity index (χ4n) is 4.21. The molecule has 3 aromatic heterocycles. The smallest absolute Gasteiger partial charge is 0.223 e. The van der Waals surface area contributed by atoms with E-state index in [4.69, 9.17) is 15.9 Å². The summed E-state index contributed by atoms with van der Waals surface area (Å²) < 4.78 is 6.89. The van der Waals surface area contributed by atoms with Gasteiger partial charge in [-0.25, -0.2) is 9.97 Å². The number of nitrogens with zero attached hydrogens (tertiary/aromatic N) is 5. The van der Waals surface area contributed by atoms with Crippen molar-refractivity contribution >= 4 is 29.9 Å². The summed E-state index contributed by atoms with van der Waals surface area (Å²) in [5.41, 5.74) is 15.9. The average molecular weight is 468 g/mol. The normalized spacial score (nSPS) is 14.6. The number of nitrogen functional groups attached to an aromatic ring is 1. The number of rotatable bonds is 7. The minimum atomic E-state index is -0.181. The summed E-state index contributed by atoms with van der Waals surface area (Å²) in [6, 6.07) is 13.2. The first-order chi connectivity index (χ1) is 15.6. The minimum Gasteiger partial charge on any atom is -0.461 e. The molecule has 1 amide bonds. The van der Waals surface area contributed by atoms with Gasteiger partial charge in [-0.2, -0.15) is 4.52 Å². The second kappa shape index (κ2) is 9.60. The summed E-state index contributed by atoms with van der Waals surface area (Å²) in [6.07, 6.45) is 4.81. The zero-order valence-corrected chi connectivity index (χ0v) is 18.9. The molecule has 1 aromatic carbocycles. The van der Waals surface area contributed by atoms with Crippen LogP contribution in [-0.2, 0) is 4.79 Å². The lowest BCUT2D eigenvalue weighted by Gasteiger charge is -2.19. The summed E-state index contributed by atoms with van der Waals surface area (Å²) in [7, 11) is 0. The zero-order chi connectivity index (χ0) is 22.1. The molecule has 1 atom stereocenters. The van der Waals surface area contributed by atoms with Crippen molar-refractivity contribution in [3.8, 4) is 22.8 Å². The maximum atomic E-state index is 11.8. The molecular weight excluding hydrogens is 442 g/mol. The SMILES string of the molecule is Cl.Nc1nc(-c2ccccc2C(N)CCCN2CCCC2=O)cc2nc(-c3ccco3)nn12. The van der Waals surface area contributed by atoms with E-state index in [1.807, 2.05) is 35.2 Å². The van der Waals surface area contributed by atoms with Gasteiger partial charge in [0.1, 0.15) is 0 Å². The van der Waals surface area contributed by atoms with E-state index in [0.717, 1.165) is 43.5 Å². The van der Waals surface area contributed by atoms with E-state index in [2.05, 4.69) is 15.1 Å². The Morgan fingerprint density at radius 3 is 2.76 bits per heavy atom. The Morgan fingerprint density at radius 2 is 2.00 bits per heavy atom. The van der Waals surface area contributed by atoms with Gasteiger partial charge < -0.3 is 20.8 Å². The first-order valence-electron chi connectivity index (χ1n) is 10.8. The highest BCUT2D eigenvalue weighted by atomic mass is 35.5. The predicted molar refractivity (Wildman–Crippen MR) is 128 cm³/mol. The van der Waals surface area contributed by atoms with Crippen LogP contribution in [0.2, 0.25) is 0 Å². The molecular formula is C23H26ClN7O2. The van der Waals surface area contributed by atoms with Crippen LogP contribution in [0.4, 0.5) is 5.95 Å². The fourth-order valence-corrected chi connectivity index (χ4v) is 4.21. The highest BCUT2D eigenvalue weighted by molar-refractivity contribution is 5.85. The number of aromatic nitrogens is 4. The number of hydrogen-bond acceptors (Lipinski definition) is 7. The van der Waals surface area contributed by atoms with Crippen molar-refractivity contribution in [2.75, 3.05) is 18.8 Å². The lowest BCUT2D eigenvalue weighted by Crippen LogP contribution is -2.26. The third-order valence-electron chi connectivity index (χ3n) is 5.84. The van der Waals surface area contributed by atoms with E-state index >= 15 is 0 Å². The number of carbonyl (C=O) groups is 1. The maximum absolute atomic E-state index is 11.8. The van der Waals surface area contributed by atoms with Gasteiger partial charge in [-0.1, -0.05) is 24.3 Å². The maximum Gasteiger partial charge on any atom is 0.223 e. The predicted octanol–water partition coefficient (Wildman–Crippen LogP) is 3.46. The fraction of sp³-hybridized carbons (Fsp3) is 0.304. The van der Waals surface area contributed by atoms with E-state index in [1.165, 1.54) is 4.52 Å². The second-order valence-electron chi connectivity index (χ2n) is 8.00. The van der Waals surface area contributed by atoms with Crippen LogP contribution in [0.15, 0.2) is 53.1 Å². The third kappa shape index (κ3) is 4.55. The highest BCUT2D eigenvalue weighted by Gasteiger charge is 2.21. The van der Waals surface area contributed by atoms with Crippen molar-refractivity contribution in [2.24, 2.45) is 5.73 Å². The molecule has 1 unspecified atom stereocenters. The minimum absolute atomic E-state index is 0. The lowest BCUT2D eigenvalue weighted by atomic mass is 9.95. The molecule has 1 aliphatic rings. The molecule has 10 heteroatoms. The Morgan fingerprint density at radius 1 is 1.15 bits per heavy atom. The van der Waals surface area contributed by atoms with E-state index in [0.29, 0.717) is 29.3 Å². The number of anilines is 1. The van der Waals surface area contributed by atoms with Gasteiger partial charge in [-0.3, -0.25) is 4.79 Å². The monoisotopic (exact) mass is 467 g/mol. The Labute approximate surface area is 197 Å². The molecule has 172 valence electrons. The molecule has 4 N–H and O–H groups in total. The molecule has 0 spiro atoms. The van der Waals surface area contributed by atoms with Crippen molar-refractivity contribution in [1.29, 1.82) is 0 Å².